The lowest BCUT2D eigenvalue weighted by Gasteiger charge is -2.19. The zero-order chi connectivity index (χ0) is 15.3. The summed E-state index contributed by atoms with van der Waals surface area (Å²) in [6, 6.07) is 0. The maximum atomic E-state index is 11.0. The maximum Gasteiger partial charge on any atom is 0.129 e. The van der Waals surface area contributed by atoms with E-state index in [2.05, 4.69) is 18.2 Å². The van der Waals surface area contributed by atoms with Crippen molar-refractivity contribution < 1.29 is 4.79 Å². The van der Waals surface area contributed by atoms with Crippen LogP contribution < -0.4 is 0 Å². The second kappa shape index (κ2) is 12.0. The molecule has 1 rings (SSSR count). The van der Waals surface area contributed by atoms with E-state index in [0.717, 1.165) is 50.3 Å². The molecule has 0 atom stereocenters. The lowest BCUT2D eigenvalue weighted by Crippen LogP contribution is -2.03. The Bertz CT molecular complexity index is 337. The summed E-state index contributed by atoms with van der Waals surface area (Å²) in [5.41, 5.74) is 1.47. The molecule has 0 radical (unpaired) electrons. The summed E-state index contributed by atoms with van der Waals surface area (Å²) in [7, 11) is 0. The molecule has 2 heteroatoms. The van der Waals surface area contributed by atoms with Gasteiger partial charge in [-0.1, -0.05) is 43.1 Å². The summed E-state index contributed by atoms with van der Waals surface area (Å²) < 4.78 is 0. The Morgan fingerprint density at radius 3 is 2.48 bits per heavy atom. The van der Waals surface area contributed by atoms with E-state index in [-0.39, 0.29) is 0 Å². The number of carbonyl (C=O) groups excluding carboxylic acids is 1. The third kappa shape index (κ3) is 9.90. The van der Waals surface area contributed by atoms with Gasteiger partial charge in [0.15, 0.2) is 0 Å². The minimum Gasteiger partial charge on any atom is -0.300 e. The predicted octanol–water partition coefficient (Wildman–Crippen LogP) is 6.22. The molecule has 0 unspecified atom stereocenters. The quantitative estimate of drug-likeness (QED) is 0.266. The zero-order valence-electron chi connectivity index (χ0n) is 13.6. The molecule has 1 aliphatic carbocycles. The van der Waals surface area contributed by atoms with Gasteiger partial charge in [-0.25, -0.2) is 0 Å². The minimum atomic E-state index is 0.311. The fourth-order valence-corrected chi connectivity index (χ4v) is 3.11. The van der Waals surface area contributed by atoms with Crippen molar-refractivity contribution in [3.8, 4) is 0 Å². The summed E-state index contributed by atoms with van der Waals surface area (Å²) in [5, 5.41) is 0. The lowest BCUT2D eigenvalue weighted by molar-refractivity contribution is -0.117. The Morgan fingerprint density at radius 2 is 1.81 bits per heavy atom. The molecule has 0 aliphatic heterocycles. The van der Waals surface area contributed by atoms with Crippen molar-refractivity contribution in [3.05, 3.63) is 23.8 Å². The van der Waals surface area contributed by atoms with Crippen molar-refractivity contribution in [2.24, 2.45) is 5.92 Å². The molecule has 1 fully saturated rings. The van der Waals surface area contributed by atoms with Crippen LogP contribution in [-0.2, 0) is 4.79 Å². The van der Waals surface area contributed by atoms with Crippen molar-refractivity contribution in [2.45, 2.75) is 77.6 Å². The first-order valence-electron chi connectivity index (χ1n) is 8.65. The molecule has 1 saturated carbocycles. The summed E-state index contributed by atoms with van der Waals surface area (Å²) in [5.74, 6) is 1.83. The van der Waals surface area contributed by atoms with E-state index in [0.29, 0.717) is 5.78 Å². The van der Waals surface area contributed by atoms with Crippen LogP contribution in [-0.4, -0.2) is 11.7 Å². The first-order valence-corrected chi connectivity index (χ1v) is 9.18. The zero-order valence-corrected chi connectivity index (χ0v) is 14.3. The van der Waals surface area contributed by atoms with Crippen LogP contribution in [0, 0.1) is 5.92 Å². The van der Waals surface area contributed by atoms with E-state index in [1.54, 1.807) is 6.92 Å². The van der Waals surface area contributed by atoms with Crippen LogP contribution in [0.3, 0.4) is 0 Å². The van der Waals surface area contributed by atoms with Crippen LogP contribution in [0.15, 0.2) is 23.8 Å². The van der Waals surface area contributed by atoms with Crippen LogP contribution in [0.5, 0.6) is 0 Å². The second-order valence-electron chi connectivity index (χ2n) is 6.28. The number of hydrogen-bond acceptors (Lipinski definition) is 1. The largest absolute Gasteiger partial charge is 0.300 e. The molecule has 120 valence electrons. The van der Waals surface area contributed by atoms with E-state index in [4.69, 9.17) is 11.6 Å². The highest BCUT2D eigenvalue weighted by molar-refractivity contribution is 6.17. The molecule has 1 nitrogen and oxygen atoms in total. The Morgan fingerprint density at radius 1 is 1.10 bits per heavy atom. The molecular weight excluding hydrogens is 280 g/mol. The van der Waals surface area contributed by atoms with Crippen LogP contribution in [0.2, 0.25) is 0 Å². The third-order valence-electron chi connectivity index (χ3n) is 4.18. The van der Waals surface area contributed by atoms with Crippen LogP contribution >= 0.6 is 11.6 Å². The number of allylic oxidation sites excluding steroid dienone is 4. The van der Waals surface area contributed by atoms with Crippen molar-refractivity contribution in [1.29, 1.82) is 0 Å². The van der Waals surface area contributed by atoms with Gasteiger partial charge in [-0.2, -0.15) is 0 Å². The molecule has 0 aromatic rings. The van der Waals surface area contributed by atoms with Gasteiger partial charge in [0.2, 0.25) is 0 Å². The van der Waals surface area contributed by atoms with E-state index >= 15 is 0 Å². The van der Waals surface area contributed by atoms with Gasteiger partial charge in [-0.05, 0) is 57.8 Å². The molecule has 0 spiro atoms. The van der Waals surface area contributed by atoms with Crippen molar-refractivity contribution >= 4 is 17.4 Å². The van der Waals surface area contributed by atoms with Crippen molar-refractivity contribution in [2.75, 3.05) is 5.88 Å². The molecule has 0 N–H and O–H groups in total. The highest BCUT2D eigenvalue weighted by Crippen LogP contribution is 2.27. The lowest BCUT2D eigenvalue weighted by atomic mass is 9.87. The summed E-state index contributed by atoms with van der Waals surface area (Å²) in [6.07, 6.45) is 20.1. The van der Waals surface area contributed by atoms with Crippen LogP contribution in [0.1, 0.15) is 77.6 Å². The van der Waals surface area contributed by atoms with Crippen LogP contribution in [0.4, 0.5) is 0 Å². The fraction of sp³-hybridized carbons (Fsp3) is 0.737. The van der Waals surface area contributed by atoms with Crippen LogP contribution in [0.25, 0.3) is 0 Å². The fourth-order valence-electron chi connectivity index (χ4n) is 2.96. The van der Waals surface area contributed by atoms with E-state index in [1.165, 1.54) is 37.7 Å². The number of carbonyl (C=O) groups is 1. The Kier molecular flexibility index (Phi) is 10.6. The predicted molar refractivity (Wildman–Crippen MR) is 92.9 cm³/mol. The number of hydrogen-bond donors (Lipinski definition) is 0. The van der Waals surface area contributed by atoms with E-state index < -0.39 is 0 Å². The third-order valence-corrected chi connectivity index (χ3v) is 4.45. The molecule has 0 bridgehead atoms. The molecule has 0 heterocycles. The van der Waals surface area contributed by atoms with Gasteiger partial charge in [0.25, 0.3) is 0 Å². The molecule has 0 amide bonds. The topological polar surface area (TPSA) is 17.1 Å². The maximum absolute atomic E-state index is 11.0. The average molecular weight is 311 g/mol. The molecule has 21 heavy (non-hydrogen) atoms. The smallest absolute Gasteiger partial charge is 0.129 e. The average Bonchev–Trinajstić information content (AvgIpc) is 2.48. The van der Waals surface area contributed by atoms with Gasteiger partial charge in [0, 0.05) is 12.3 Å². The standard InChI is InChI=1S/C19H31ClO/c1-17(21)10-7-8-14-19(13-6-3-9-15-20)16-18-11-4-2-5-12-18/h6,13,16,18H,2-5,7-12,14-15H2,1H3/b13-6+,19-16-. The summed E-state index contributed by atoms with van der Waals surface area (Å²) in [6.45, 7) is 1.69. The monoisotopic (exact) mass is 310 g/mol. The Hall–Kier alpha value is -0.560. The van der Waals surface area contributed by atoms with E-state index in [9.17, 15) is 4.79 Å². The second-order valence-corrected chi connectivity index (χ2v) is 6.66. The number of unbranched alkanes of at least 4 members (excludes halogenated alkanes) is 2. The number of ketones is 1. The van der Waals surface area contributed by atoms with Crippen molar-refractivity contribution in [3.63, 3.8) is 0 Å². The van der Waals surface area contributed by atoms with Gasteiger partial charge in [-0.15, -0.1) is 11.6 Å². The van der Waals surface area contributed by atoms with Gasteiger partial charge in [-0.3, -0.25) is 0 Å². The molecule has 0 aromatic carbocycles. The highest BCUT2D eigenvalue weighted by Gasteiger charge is 2.11. The molecule has 1 aliphatic rings. The highest BCUT2D eigenvalue weighted by atomic mass is 35.5. The molecule has 0 saturated heterocycles. The normalized spacial score (nSPS) is 17.5. The van der Waals surface area contributed by atoms with Gasteiger partial charge < -0.3 is 4.79 Å². The van der Waals surface area contributed by atoms with E-state index in [1.807, 2.05) is 0 Å². The van der Waals surface area contributed by atoms with Gasteiger partial charge in [0.1, 0.15) is 5.78 Å². The number of halogens is 1. The molecular formula is C19H31ClO. The SMILES string of the molecule is CC(=O)CCCCC(/C=C/CCCCl)=C\C1CCCCC1. The summed E-state index contributed by atoms with van der Waals surface area (Å²) >= 11 is 5.72. The first-order chi connectivity index (χ1) is 10.2. The Labute approximate surface area is 135 Å². The molecule has 0 aromatic heterocycles. The van der Waals surface area contributed by atoms with Crippen molar-refractivity contribution in [1.82, 2.24) is 0 Å². The number of alkyl halides is 1. The Balaban J connectivity index is 2.45. The first kappa shape index (κ1) is 18.5. The number of Topliss-reactive ketones (excluding diaryl/α,β-unsaturated/α-hetero) is 1. The van der Waals surface area contributed by atoms with Gasteiger partial charge in [0.05, 0.1) is 0 Å². The number of rotatable bonds is 10. The summed E-state index contributed by atoms with van der Waals surface area (Å²) in [4.78, 5) is 11.0. The minimum absolute atomic E-state index is 0.311. The van der Waals surface area contributed by atoms with Gasteiger partial charge >= 0.3 is 0 Å².